The van der Waals surface area contributed by atoms with Crippen LogP contribution in [0.3, 0.4) is 0 Å². The molecule has 9 heteroatoms. The molecular weight excluding hydrogens is 541 g/mol. The summed E-state index contributed by atoms with van der Waals surface area (Å²) >= 11 is 13.8. The molecule has 6 nitrogen and oxygen atoms in total. The lowest BCUT2D eigenvalue weighted by molar-refractivity contribution is -0.150. The monoisotopic (exact) mass is 571 g/mol. The molecule has 0 aromatic heterocycles. The first kappa shape index (κ1) is 27.1. The summed E-state index contributed by atoms with van der Waals surface area (Å²) in [5.74, 6) is -0.427. The van der Waals surface area contributed by atoms with E-state index in [1.807, 2.05) is 48.5 Å². The number of nitrogens with zero attached hydrogens (tertiary/aromatic N) is 3. The number of thioether (sulfide) groups is 1. The minimum Gasteiger partial charge on any atom is -0.467 e. The molecule has 1 saturated heterocycles. The highest BCUT2D eigenvalue weighted by Gasteiger charge is 2.50. The van der Waals surface area contributed by atoms with Crippen LogP contribution in [-0.4, -0.2) is 46.0 Å². The Kier molecular flexibility index (Phi) is 7.81. The van der Waals surface area contributed by atoms with E-state index in [1.165, 1.54) is 18.9 Å². The number of aliphatic imine (C=N–C) groups is 1. The Labute approximate surface area is 238 Å². The van der Waals surface area contributed by atoms with Gasteiger partial charge < -0.3 is 14.5 Å². The van der Waals surface area contributed by atoms with E-state index >= 15 is 0 Å². The lowest BCUT2D eigenvalue weighted by Crippen LogP contribution is -2.45. The molecule has 0 saturated carbocycles. The number of amidine groups is 1. The molecular formula is C29H31Cl2N3O3S. The normalized spacial score (nSPS) is 24.8. The highest BCUT2D eigenvalue weighted by atomic mass is 35.5. The van der Waals surface area contributed by atoms with Crippen molar-refractivity contribution in [1.82, 2.24) is 9.80 Å². The third-order valence-corrected chi connectivity index (χ3v) is 9.14. The summed E-state index contributed by atoms with van der Waals surface area (Å²) in [4.78, 5) is 36.6. The van der Waals surface area contributed by atoms with Crippen LogP contribution in [0.25, 0.3) is 0 Å². The summed E-state index contributed by atoms with van der Waals surface area (Å²) in [7, 11) is 1.38. The zero-order valence-electron chi connectivity index (χ0n) is 21.9. The molecule has 38 heavy (non-hydrogen) atoms. The fourth-order valence-electron chi connectivity index (χ4n) is 5.77. The molecule has 0 aliphatic carbocycles. The predicted octanol–water partition coefficient (Wildman–Crippen LogP) is 7.00. The summed E-state index contributed by atoms with van der Waals surface area (Å²) in [6.07, 6.45) is 2.18. The van der Waals surface area contributed by atoms with Crippen molar-refractivity contribution in [2.24, 2.45) is 10.9 Å². The largest absolute Gasteiger partial charge is 0.467 e. The minimum atomic E-state index is -0.565. The van der Waals surface area contributed by atoms with Gasteiger partial charge in [0.25, 0.3) is 5.91 Å². The molecule has 2 aromatic rings. The molecule has 1 fully saturated rings. The van der Waals surface area contributed by atoms with Gasteiger partial charge in [-0.3, -0.25) is 9.79 Å². The number of esters is 1. The van der Waals surface area contributed by atoms with Crippen molar-refractivity contribution in [2.75, 3.05) is 7.11 Å². The fourth-order valence-corrected chi connectivity index (χ4v) is 7.31. The molecule has 0 radical (unpaired) electrons. The van der Waals surface area contributed by atoms with Gasteiger partial charge in [0.15, 0.2) is 5.17 Å². The molecule has 2 aromatic carbocycles. The molecule has 0 bridgehead atoms. The number of carbonyl (C=O) groups excluding carboxylic acids is 2. The van der Waals surface area contributed by atoms with Gasteiger partial charge in [-0.1, -0.05) is 68.2 Å². The van der Waals surface area contributed by atoms with Gasteiger partial charge in [0.05, 0.1) is 13.2 Å². The van der Waals surface area contributed by atoms with E-state index in [4.69, 9.17) is 32.9 Å². The van der Waals surface area contributed by atoms with Gasteiger partial charge in [-0.05, 0) is 72.3 Å². The van der Waals surface area contributed by atoms with Crippen molar-refractivity contribution >= 4 is 52.0 Å². The number of carbonyl (C=O) groups is 2. The van der Waals surface area contributed by atoms with Crippen LogP contribution in [0.2, 0.25) is 10.0 Å². The lowest BCUT2D eigenvalue weighted by atomic mass is 9.92. The van der Waals surface area contributed by atoms with Crippen molar-refractivity contribution < 1.29 is 14.3 Å². The number of halogens is 2. The van der Waals surface area contributed by atoms with Crippen molar-refractivity contribution in [3.63, 3.8) is 0 Å². The van der Waals surface area contributed by atoms with Crippen LogP contribution in [0.4, 0.5) is 0 Å². The van der Waals surface area contributed by atoms with Crippen LogP contribution in [0.1, 0.15) is 63.2 Å². The Bertz CT molecular complexity index is 1290. The predicted molar refractivity (Wildman–Crippen MR) is 153 cm³/mol. The second-order valence-electron chi connectivity index (χ2n) is 10.1. The smallest absolute Gasteiger partial charge is 0.328 e. The summed E-state index contributed by atoms with van der Waals surface area (Å²) in [6.45, 7) is 6.25. The number of ether oxygens (including phenoxy) is 1. The number of fused-ring (bicyclic) bond motifs is 1. The van der Waals surface area contributed by atoms with Crippen molar-refractivity contribution in [1.29, 1.82) is 0 Å². The Morgan fingerprint density at radius 3 is 2.18 bits per heavy atom. The van der Waals surface area contributed by atoms with Crippen LogP contribution >= 0.6 is 35.0 Å². The molecule has 5 rings (SSSR count). The van der Waals surface area contributed by atoms with E-state index in [1.54, 1.807) is 4.90 Å². The van der Waals surface area contributed by atoms with Gasteiger partial charge in [0, 0.05) is 21.8 Å². The van der Waals surface area contributed by atoms with Crippen LogP contribution in [0, 0.1) is 5.92 Å². The number of methoxy groups -OCH3 is 1. The van der Waals surface area contributed by atoms with E-state index in [-0.39, 0.29) is 35.9 Å². The highest BCUT2D eigenvalue weighted by molar-refractivity contribution is 8.18. The van der Waals surface area contributed by atoms with Gasteiger partial charge in [0.2, 0.25) is 0 Å². The first-order chi connectivity index (χ1) is 18.2. The third-order valence-electron chi connectivity index (χ3n) is 7.56. The number of hydrogen-bond acceptors (Lipinski definition) is 6. The molecule has 3 aliphatic rings. The maximum absolute atomic E-state index is 14.2. The molecule has 1 amide bonds. The van der Waals surface area contributed by atoms with Crippen molar-refractivity contribution in [3.05, 3.63) is 80.3 Å². The van der Waals surface area contributed by atoms with E-state index < -0.39 is 6.04 Å². The van der Waals surface area contributed by atoms with Crippen molar-refractivity contribution in [2.45, 2.75) is 64.2 Å². The van der Waals surface area contributed by atoms with Gasteiger partial charge in [-0.15, -0.1) is 0 Å². The standard InChI is InChI=1S/C29H31Cl2N3O3S/c1-5-21-14-15-22(28(36)37-4)33(21)27(35)26-24(16(2)3)34-25(18-8-12-20(31)13-9-18)23(32-29(34)38-26)17-6-10-19(30)11-7-17/h6-13,16,21-23,25H,5,14-15H2,1-4H3/t21-,22+,23+,25-/m1/s1. The van der Waals surface area contributed by atoms with E-state index in [9.17, 15) is 9.59 Å². The second kappa shape index (κ2) is 10.9. The molecule has 3 heterocycles. The summed E-state index contributed by atoms with van der Waals surface area (Å²) < 4.78 is 5.06. The average Bonchev–Trinajstić information content (AvgIpc) is 3.60. The number of amides is 1. The maximum Gasteiger partial charge on any atom is 0.328 e. The van der Waals surface area contributed by atoms with Gasteiger partial charge >= 0.3 is 5.97 Å². The zero-order chi connectivity index (χ0) is 27.1. The molecule has 0 N–H and O–H groups in total. The Morgan fingerprint density at radius 2 is 1.63 bits per heavy atom. The number of hydrogen-bond donors (Lipinski definition) is 0. The Hall–Kier alpha value is -2.48. The number of rotatable bonds is 6. The highest BCUT2D eigenvalue weighted by Crippen LogP contribution is 2.54. The molecule has 200 valence electrons. The second-order valence-corrected chi connectivity index (χ2v) is 12.0. The van der Waals surface area contributed by atoms with Crippen molar-refractivity contribution in [3.8, 4) is 0 Å². The number of allylic oxidation sites excluding steroid dienone is 1. The Morgan fingerprint density at radius 1 is 1.03 bits per heavy atom. The first-order valence-electron chi connectivity index (χ1n) is 13.0. The van der Waals surface area contributed by atoms with Crippen LogP contribution in [-0.2, 0) is 14.3 Å². The summed E-state index contributed by atoms with van der Waals surface area (Å²) in [5, 5.41) is 2.12. The molecule has 0 spiro atoms. The van der Waals surface area contributed by atoms with Gasteiger partial charge in [-0.25, -0.2) is 4.79 Å². The fraction of sp³-hybridized carbons (Fsp3) is 0.414. The first-order valence-corrected chi connectivity index (χ1v) is 14.5. The zero-order valence-corrected chi connectivity index (χ0v) is 24.2. The quantitative estimate of drug-likeness (QED) is 0.349. The minimum absolute atomic E-state index is 0.000584. The summed E-state index contributed by atoms with van der Waals surface area (Å²) in [6, 6.07) is 14.7. The van der Waals surface area contributed by atoms with Crippen LogP contribution < -0.4 is 0 Å². The average molecular weight is 573 g/mol. The maximum atomic E-state index is 14.2. The topological polar surface area (TPSA) is 62.2 Å². The van der Waals surface area contributed by atoms with Gasteiger partial charge in [-0.2, -0.15) is 0 Å². The van der Waals surface area contributed by atoms with Crippen LogP contribution in [0.5, 0.6) is 0 Å². The third kappa shape index (κ3) is 4.74. The van der Waals surface area contributed by atoms with E-state index in [0.29, 0.717) is 21.4 Å². The number of likely N-dealkylation sites (tertiary alicyclic amines) is 1. The van der Waals surface area contributed by atoms with Gasteiger partial charge in [0.1, 0.15) is 17.0 Å². The van der Waals surface area contributed by atoms with E-state index in [2.05, 4.69) is 25.7 Å². The lowest BCUT2D eigenvalue weighted by Gasteiger charge is -2.32. The molecule has 0 unspecified atom stereocenters. The SMILES string of the molecule is CC[C@@H]1CC[C@@H](C(=O)OC)N1C(=O)C1=C(C(C)C)N2C(=N[C@@H](c3ccc(Cl)cc3)[C@H]2c2ccc(Cl)cc2)S1. The van der Waals surface area contributed by atoms with E-state index in [0.717, 1.165) is 34.8 Å². The Balaban J connectivity index is 1.59. The van der Waals surface area contributed by atoms with Crippen LogP contribution in [0.15, 0.2) is 64.1 Å². The summed E-state index contributed by atoms with van der Waals surface area (Å²) in [5.41, 5.74) is 3.03. The molecule has 4 atom stereocenters. The number of benzene rings is 2. The molecule has 3 aliphatic heterocycles.